The van der Waals surface area contributed by atoms with Crippen molar-refractivity contribution in [1.29, 1.82) is 0 Å². The van der Waals surface area contributed by atoms with Crippen molar-refractivity contribution in [2.75, 3.05) is 31.2 Å². The van der Waals surface area contributed by atoms with E-state index in [1.54, 1.807) is 0 Å². The third-order valence-corrected chi connectivity index (χ3v) is 6.85. The summed E-state index contributed by atoms with van der Waals surface area (Å²) >= 11 is 6.01. The summed E-state index contributed by atoms with van der Waals surface area (Å²) in [7, 11) is 0. The van der Waals surface area contributed by atoms with Gasteiger partial charge in [-0.1, -0.05) is 23.7 Å². The average molecular weight is 487 g/mol. The largest absolute Gasteiger partial charge is 0.493 e. The van der Waals surface area contributed by atoms with E-state index in [1.165, 1.54) is 12.1 Å². The Morgan fingerprint density at radius 1 is 1.18 bits per heavy atom. The number of aromatic carboxylic acids is 1. The Morgan fingerprint density at radius 2 is 1.94 bits per heavy atom. The lowest BCUT2D eigenvalue weighted by molar-refractivity contribution is -0.143. The second kappa shape index (κ2) is 11.1. The second-order valence-corrected chi connectivity index (χ2v) is 9.46. The molecule has 2 aromatic rings. The number of ether oxygens (including phenoxy) is 2. The van der Waals surface area contributed by atoms with Crippen LogP contribution in [-0.4, -0.2) is 48.3 Å². The maximum atomic E-state index is 12.1. The van der Waals surface area contributed by atoms with E-state index >= 15 is 0 Å². The van der Waals surface area contributed by atoms with E-state index < -0.39 is 5.97 Å². The first kappa shape index (κ1) is 24.3. The predicted molar refractivity (Wildman–Crippen MR) is 130 cm³/mol. The lowest BCUT2D eigenvalue weighted by Gasteiger charge is -2.33. The molecule has 0 amide bonds. The highest BCUT2D eigenvalue weighted by Crippen LogP contribution is 2.45. The minimum absolute atomic E-state index is 0.141. The van der Waals surface area contributed by atoms with Crippen LogP contribution in [0.15, 0.2) is 36.4 Å². The van der Waals surface area contributed by atoms with Crippen LogP contribution in [0.4, 0.5) is 5.82 Å². The summed E-state index contributed by atoms with van der Waals surface area (Å²) in [5.41, 5.74) is 1.31. The van der Waals surface area contributed by atoms with Gasteiger partial charge in [-0.3, -0.25) is 4.79 Å². The van der Waals surface area contributed by atoms with E-state index in [4.69, 9.17) is 21.1 Å². The molecule has 1 aromatic heterocycles. The lowest BCUT2D eigenvalue weighted by atomic mass is 9.91. The van der Waals surface area contributed by atoms with Crippen LogP contribution in [0.5, 0.6) is 5.75 Å². The summed E-state index contributed by atoms with van der Waals surface area (Å²) in [6, 6.07) is 11.1. The fourth-order valence-corrected chi connectivity index (χ4v) is 4.79. The molecular formula is C26H31ClN2O5. The third kappa shape index (κ3) is 6.20. The Morgan fingerprint density at radius 3 is 2.62 bits per heavy atom. The van der Waals surface area contributed by atoms with Crippen molar-refractivity contribution in [3.05, 3.63) is 52.7 Å². The number of halogens is 1. The highest BCUT2D eigenvalue weighted by atomic mass is 35.5. The maximum Gasteiger partial charge on any atom is 0.339 e. The van der Waals surface area contributed by atoms with Gasteiger partial charge in [-0.25, -0.2) is 9.78 Å². The molecule has 1 unspecified atom stereocenters. The van der Waals surface area contributed by atoms with Gasteiger partial charge < -0.3 is 19.5 Å². The average Bonchev–Trinajstić information content (AvgIpc) is 3.67. The molecule has 1 aliphatic carbocycles. The molecule has 0 spiro atoms. The van der Waals surface area contributed by atoms with Crippen molar-refractivity contribution in [3.63, 3.8) is 0 Å². The second-order valence-electron chi connectivity index (χ2n) is 9.08. The quantitative estimate of drug-likeness (QED) is 0.365. The predicted octanol–water partition coefficient (Wildman–Crippen LogP) is 5.18. The van der Waals surface area contributed by atoms with Crippen LogP contribution in [0.2, 0.25) is 5.15 Å². The first-order chi connectivity index (χ1) is 16.4. The Balaban J connectivity index is 1.33. The molecule has 1 saturated carbocycles. The zero-order valence-corrected chi connectivity index (χ0v) is 20.2. The molecule has 7 nitrogen and oxygen atoms in total. The molecule has 2 heterocycles. The topological polar surface area (TPSA) is 89.0 Å². The molecule has 2 aliphatic rings. The number of hydrogen-bond donors (Lipinski definition) is 1. The number of nitrogens with zero attached hydrogens (tertiary/aromatic N) is 2. The molecule has 8 heteroatoms. The van der Waals surface area contributed by atoms with Gasteiger partial charge in [0.15, 0.2) is 0 Å². The fourth-order valence-electron chi connectivity index (χ4n) is 4.65. The van der Waals surface area contributed by atoms with E-state index in [9.17, 15) is 14.7 Å². The summed E-state index contributed by atoms with van der Waals surface area (Å²) in [4.78, 5) is 29.9. The number of carbonyl (C=O) groups is 2. The lowest BCUT2D eigenvalue weighted by Crippen LogP contribution is -2.37. The maximum absolute atomic E-state index is 12.1. The van der Waals surface area contributed by atoms with Crippen LogP contribution >= 0.6 is 11.6 Å². The summed E-state index contributed by atoms with van der Waals surface area (Å²) in [6.45, 7) is 4.23. The number of carboxylic acid groups (broad SMARTS) is 1. The van der Waals surface area contributed by atoms with Gasteiger partial charge in [-0.15, -0.1) is 0 Å². The molecule has 1 saturated heterocycles. The third-order valence-electron chi connectivity index (χ3n) is 6.64. The number of esters is 1. The summed E-state index contributed by atoms with van der Waals surface area (Å²) in [6.07, 6.45) is 4.47. The monoisotopic (exact) mass is 486 g/mol. The molecule has 1 atom stereocenters. The van der Waals surface area contributed by atoms with Gasteiger partial charge in [0.05, 0.1) is 19.6 Å². The number of carboxylic acids is 1. The normalized spacial score (nSPS) is 17.3. The summed E-state index contributed by atoms with van der Waals surface area (Å²) in [5, 5.41) is 9.76. The van der Waals surface area contributed by atoms with Crippen LogP contribution in [0.3, 0.4) is 0 Å². The van der Waals surface area contributed by atoms with Crippen molar-refractivity contribution in [2.24, 2.45) is 11.8 Å². The number of hydrogen-bond acceptors (Lipinski definition) is 6. The number of piperidine rings is 1. The molecule has 4 rings (SSSR count). The van der Waals surface area contributed by atoms with E-state index in [0.29, 0.717) is 50.4 Å². The molecule has 1 aromatic carbocycles. The first-order valence-corrected chi connectivity index (χ1v) is 12.4. The zero-order valence-electron chi connectivity index (χ0n) is 19.4. The highest BCUT2D eigenvalue weighted by molar-refractivity contribution is 6.29. The number of benzene rings is 1. The van der Waals surface area contributed by atoms with Crippen molar-refractivity contribution < 1.29 is 24.2 Å². The molecule has 2 fully saturated rings. The van der Waals surface area contributed by atoms with Gasteiger partial charge in [0, 0.05) is 13.1 Å². The molecule has 1 N–H and O–H groups in total. The number of rotatable bonds is 10. The van der Waals surface area contributed by atoms with E-state index in [-0.39, 0.29) is 22.6 Å². The van der Waals surface area contributed by atoms with Crippen LogP contribution in [-0.2, 0) is 9.53 Å². The van der Waals surface area contributed by atoms with Gasteiger partial charge in [0.2, 0.25) is 0 Å². The zero-order chi connectivity index (χ0) is 24.1. The van der Waals surface area contributed by atoms with Crippen molar-refractivity contribution in [1.82, 2.24) is 4.98 Å². The van der Waals surface area contributed by atoms with Crippen LogP contribution in [0, 0.1) is 11.8 Å². The Bertz CT molecular complexity index is 1020. The number of aromatic nitrogens is 1. The number of pyridine rings is 1. The minimum atomic E-state index is -1.00. The molecule has 182 valence electrons. The fraction of sp³-hybridized carbons (Fsp3) is 0.500. The van der Waals surface area contributed by atoms with Gasteiger partial charge >= 0.3 is 11.9 Å². The highest BCUT2D eigenvalue weighted by Gasteiger charge is 2.34. The van der Waals surface area contributed by atoms with Gasteiger partial charge in [0.1, 0.15) is 22.3 Å². The van der Waals surface area contributed by atoms with E-state index in [1.807, 2.05) is 24.0 Å². The molecule has 1 aliphatic heterocycles. The van der Waals surface area contributed by atoms with Crippen molar-refractivity contribution >= 4 is 29.4 Å². The van der Waals surface area contributed by atoms with E-state index in [2.05, 4.69) is 17.1 Å². The summed E-state index contributed by atoms with van der Waals surface area (Å²) in [5.74, 6) is 1.19. The van der Waals surface area contributed by atoms with Gasteiger partial charge in [-0.05, 0) is 80.2 Å². The van der Waals surface area contributed by atoms with Gasteiger partial charge in [-0.2, -0.15) is 0 Å². The smallest absolute Gasteiger partial charge is 0.339 e. The van der Waals surface area contributed by atoms with Gasteiger partial charge in [0.25, 0.3) is 0 Å². The van der Waals surface area contributed by atoms with Crippen LogP contribution in [0.25, 0.3) is 0 Å². The van der Waals surface area contributed by atoms with E-state index in [0.717, 1.165) is 37.0 Å². The Kier molecular flexibility index (Phi) is 7.93. The van der Waals surface area contributed by atoms with Crippen molar-refractivity contribution in [3.8, 4) is 5.75 Å². The molecule has 0 bridgehead atoms. The SMILES string of the molecule is CCOC(=O)CC(c1cccc(OCC2CCN(c3nc(Cl)ccc3C(=O)O)CC2)c1)C1CC1. The van der Waals surface area contributed by atoms with Crippen LogP contribution < -0.4 is 9.64 Å². The molecule has 34 heavy (non-hydrogen) atoms. The van der Waals surface area contributed by atoms with Crippen LogP contribution in [0.1, 0.15) is 60.9 Å². The number of carbonyl (C=O) groups excluding carboxylic acids is 1. The Labute approximate surface area is 205 Å². The Hall–Kier alpha value is -2.80. The molecule has 0 radical (unpaired) electrons. The first-order valence-electron chi connectivity index (χ1n) is 12.0. The summed E-state index contributed by atoms with van der Waals surface area (Å²) < 4.78 is 11.3. The minimum Gasteiger partial charge on any atom is -0.493 e. The standard InChI is InChI=1S/C26H31ClN2O5/c1-2-33-24(30)15-22(18-6-7-18)19-4-3-5-20(14-19)34-16-17-10-12-29(13-11-17)25-21(26(31)32)8-9-23(27)28-25/h3-5,8-9,14,17-18,22H,2,6-7,10-13,15-16H2,1H3,(H,31,32). The molecular weight excluding hydrogens is 456 g/mol. The van der Waals surface area contributed by atoms with Crippen molar-refractivity contribution in [2.45, 2.75) is 44.9 Å². The number of anilines is 1.